The van der Waals surface area contributed by atoms with Crippen LogP contribution in [0.5, 0.6) is 23.0 Å². The van der Waals surface area contributed by atoms with Gasteiger partial charge in [-0.1, -0.05) is 6.07 Å². The van der Waals surface area contributed by atoms with Gasteiger partial charge in [0, 0.05) is 18.7 Å². The molecule has 0 aliphatic rings. The topological polar surface area (TPSA) is 127 Å². The third-order valence-corrected chi connectivity index (χ3v) is 5.03. The molecule has 0 aliphatic carbocycles. The number of aromatic amines is 1. The summed E-state index contributed by atoms with van der Waals surface area (Å²) < 4.78 is 21.3. The van der Waals surface area contributed by atoms with Crippen LogP contribution in [0.3, 0.4) is 0 Å². The minimum absolute atomic E-state index is 0.0397. The van der Waals surface area contributed by atoms with Crippen molar-refractivity contribution in [1.82, 2.24) is 9.97 Å². The molecule has 3 N–H and O–H groups in total. The van der Waals surface area contributed by atoms with Gasteiger partial charge in [-0.05, 0) is 36.4 Å². The van der Waals surface area contributed by atoms with Crippen LogP contribution in [-0.4, -0.2) is 41.5 Å². The first kappa shape index (κ1) is 22.0. The molecule has 0 amide bonds. The lowest BCUT2D eigenvalue weighted by molar-refractivity contribution is 0.162. The summed E-state index contributed by atoms with van der Waals surface area (Å²) in [6, 6.07) is 13.2. The van der Waals surface area contributed by atoms with E-state index in [9.17, 15) is 15.0 Å². The minimum atomic E-state index is -0.621. The Morgan fingerprint density at radius 3 is 2.42 bits per heavy atom. The zero-order valence-corrected chi connectivity index (χ0v) is 18.2. The monoisotopic (exact) mass is 450 g/mol. The number of aromatic hydroxyl groups is 2. The van der Waals surface area contributed by atoms with Crippen molar-refractivity contribution in [3.63, 3.8) is 0 Å². The number of rotatable bonds is 7. The number of phenolic OH excluding ortho intramolecular Hbond substituents is 1. The highest BCUT2D eigenvalue weighted by atomic mass is 16.5. The Bertz CT molecular complexity index is 1340. The van der Waals surface area contributed by atoms with Gasteiger partial charge in [0.1, 0.15) is 35.3 Å². The number of H-pyrrole nitrogens is 1. The lowest BCUT2D eigenvalue weighted by Crippen LogP contribution is -2.04. The van der Waals surface area contributed by atoms with E-state index in [0.29, 0.717) is 22.6 Å². The van der Waals surface area contributed by atoms with E-state index in [4.69, 9.17) is 18.6 Å². The number of hydrogen-bond donors (Lipinski definition) is 3. The Balaban J connectivity index is 1.97. The summed E-state index contributed by atoms with van der Waals surface area (Å²) in [4.78, 5) is 20.1. The van der Waals surface area contributed by atoms with E-state index in [1.165, 1.54) is 20.3 Å². The van der Waals surface area contributed by atoms with E-state index in [0.717, 1.165) is 0 Å². The molecule has 0 atom stereocenters. The number of phenols is 1. The molecule has 4 rings (SSSR count). The first-order valence-corrected chi connectivity index (χ1v) is 9.92. The van der Waals surface area contributed by atoms with Crippen LogP contribution >= 0.6 is 0 Å². The molecule has 2 heterocycles. The molecule has 0 fully saturated rings. The van der Waals surface area contributed by atoms with Crippen molar-refractivity contribution >= 4 is 0 Å². The van der Waals surface area contributed by atoms with Gasteiger partial charge in [0.15, 0.2) is 17.3 Å². The van der Waals surface area contributed by atoms with Gasteiger partial charge < -0.3 is 33.8 Å². The first-order chi connectivity index (χ1) is 16.0. The molecule has 0 unspecified atom stereocenters. The maximum Gasteiger partial charge on any atom is 0.227 e. The normalized spacial score (nSPS) is 10.9. The van der Waals surface area contributed by atoms with Crippen LogP contribution in [0, 0.1) is 0 Å². The molecule has 9 nitrogen and oxygen atoms in total. The van der Waals surface area contributed by atoms with Crippen LogP contribution < -0.4 is 14.9 Å². The van der Waals surface area contributed by atoms with Crippen LogP contribution in [0.25, 0.3) is 34.1 Å². The zero-order chi connectivity index (χ0) is 23.5. The van der Waals surface area contributed by atoms with Gasteiger partial charge >= 0.3 is 0 Å². The third-order valence-electron chi connectivity index (χ3n) is 5.03. The van der Waals surface area contributed by atoms with Gasteiger partial charge in [0.05, 0.1) is 19.8 Å². The van der Waals surface area contributed by atoms with Gasteiger partial charge in [-0.3, -0.25) is 4.79 Å². The molecule has 2 aromatic carbocycles. The van der Waals surface area contributed by atoms with Gasteiger partial charge in [-0.25, -0.2) is 4.98 Å². The zero-order valence-electron chi connectivity index (χ0n) is 18.2. The van der Waals surface area contributed by atoms with Crippen molar-refractivity contribution in [2.45, 2.75) is 6.61 Å². The summed E-state index contributed by atoms with van der Waals surface area (Å²) in [5, 5.41) is 21.2. The maximum absolute atomic E-state index is 12.4. The Morgan fingerprint density at radius 1 is 1.00 bits per heavy atom. The number of benzene rings is 2. The average Bonchev–Trinajstić information content (AvgIpc) is 3.26. The molecule has 33 heavy (non-hydrogen) atoms. The van der Waals surface area contributed by atoms with Crippen molar-refractivity contribution < 1.29 is 28.8 Å². The largest absolute Gasteiger partial charge is 0.504 e. The van der Waals surface area contributed by atoms with E-state index in [1.54, 1.807) is 49.6 Å². The SMILES string of the molecule is COCc1cc(=O)c(O)c(-c2[nH]c(-c3cccc(OC)c3O)nc2-c2ccc(OC)cc2)o1. The number of imidazole rings is 1. The predicted molar refractivity (Wildman–Crippen MR) is 121 cm³/mol. The Kier molecular flexibility index (Phi) is 6.05. The fourth-order valence-electron chi connectivity index (χ4n) is 3.42. The summed E-state index contributed by atoms with van der Waals surface area (Å²) in [6.45, 7) is 0.0397. The lowest BCUT2D eigenvalue weighted by atomic mass is 10.1. The first-order valence-electron chi connectivity index (χ1n) is 9.92. The number of nitrogens with zero attached hydrogens (tertiary/aromatic N) is 1. The number of aromatic nitrogens is 2. The molecule has 4 aromatic rings. The molecule has 0 radical (unpaired) electrons. The van der Waals surface area contributed by atoms with Crippen molar-refractivity contribution in [3.05, 3.63) is 64.5 Å². The van der Waals surface area contributed by atoms with E-state index in [-0.39, 0.29) is 41.1 Å². The van der Waals surface area contributed by atoms with Crippen LogP contribution in [-0.2, 0) is 11.3 Å². The second-order valence-corrected chi connectivity index (χ2v) is 7.08. The molecular weight excluding hydrogens is 428 g/mol. The molecule has 0 saturated heterocycles. The van der Waals surface area contributed by atoms with Crippen LogP contribution in [0.15, 0.2) is 57.7 Å². The maximum atomic E-state index is 12.4. The fourth-order valence-corrected chi connectivity index (χ4v) is 3.42. The Labute approximate surface area is 188 Å². The summed E-state index contributed by atoms with van der Waals surface area (Å²) in [6.07, 6.45) is 0. The van der Waals surface area contributed by atoms with E-state index >= 15 is 0 Å². The standard InChI is InChI=1S/C24H22N2O7/c1-30-12-15-11-17(27)22(29)23(33-15)20-19(13-7-9-14(31-2)10-8-13)25-24(26-20)16-5-4-6-18(32-3)21(16)28/h4-11,28-29H,12H2,1-3H3,(H,25,26). The van der Waals surface area contributed by atoms with Crippen molar-refractivity contribution in [3.8, 4) is 57.1 Å². The van der Waals surface area contributed by atoms with Crippen LogP contribution in [0.4, 0.5) is 0 Å². The summed E-state index contributed by atoms with van der Waals surface area (Å²) in [7, 11) is 4.48. The van der Waals surface area contributed by atoms with Gasteiger partial charge in [0.25, 0.3) is 0 Å². The van der Waals surface area contributed by atoms with Gasteiger partial charge in [-0.2, -0.15) is 0 Å². The summed E-state index contributed by atoms with van der Waals surface area (Å²) in [5.74, 6) is 0.658. The van der Waals surface area contributed by atoms with Crippen molar-refractivity contribution in [1.29, 1.82) is 0 Å². The molecular formula is C24H22N2O7. The van der Waals surface area contributed by atoms with Gasteiger partial charge in [-0.15, -0.1) is 0 Å². The van der Waals surface area contributed by atoms with E-state index in [1.807, 2.05) is 0 Å². The predicted octanol–water partition coefficient (Wildman–Crippen LogP) is 3.94. The molecule has 170 valence electrons. The third kappa shape index (κ3) is 4.13. The smallest absolute Gasteiger partial charge is 0.227 e. The fraction of sp³-hybridized carbons (Fsp3) is 0.167. The van der Waals surface area contributed by atoms with Crippen molar-refractivity contribution in [2.75, 3.05) is 21.3 Å². The number of nitrogens with one attached hydrogen (secondary N) is 1. The highest BCUT2D eigenvalue weighted by molar-refractivity contribution is 5.82. The highest BCUT2D eigenvalue weighted by Gasteiger charge is 2.24. The number of para-hydroxylation sites is 1. The minimum Gasteiger partial charge on any atom is -0.504 e. The molecule has 0 bridgehead atoms. The van der Waals surface area contributed by atoms with Crippen LogP contribution in [0.1, 0.15) is 5.76 Å². The number of ether oxygens (including phenoxy) is 3. The summed E-state index contributed by atoms with van der Waals surface area (Å²) >= 11 is 0. The van der Waals surface area contributed by atoms with E-state index < -0.39 is 11.2 Å². The lowest BCUT2D eigenvalue weighted by Gasteiger charge is -2.07. The Morgan fingerprint density at radius 2 is 1.76 bits per heavy atom. The van der Waals surface area contributed by atoms with E-state index in [2.05, 4.69) is 9.97 Å². The second-order valence-electron chi connectivity index (χ2n) is 7.08. The summed E-state index contributed by atoms with van der Waals surface area (Å²) in [5.41, 5.74) is 1.05. The highest BCUT2D eigenvalue weighted by Crippen LogP contribution is 2.40. The number of methoxy groups -OCH3 is 3. The van der Waals surface area contributed by atoms with Gasteiger partial charge in [0.2, 0.25) is 11.2 Å². The molecule has 0 saturated carbocycles. The molecule has 0 aliphatic heterocycles. The van der Waals surface area contributed by atoms with Crippen LogP contribution in [0.2, 0.25) is 0 Å². The number of hydrogen-bond acceptors (Lipinski definition) is 8. The van der Waals surface area contributed by atoms with Crippen molar-refractivity contribution in [2.24, 2.45) is 0 Å². The molecule has 2 aromatic heterocycles. The molecule has 9 heteroatoms. The second kappa shape index (κ2) is 9.09. The quantitative estimate of drug-likeness (QED) is 0.386. The Hall–Kier alpha value is -4.24. The average molecular weight is 450 g/mol. The molecule has 0 spiro atoms.